The molecule has 0 aliphatic heterocycles. The van der Waals surface area contributed by atoms with E-state index in [2.05, 4.69) is 22.0 Å². The number of nitrogens with zero attached hydrogens (tertiary/aromatic N) is 3. The third-order valence-electron chi connectivity index (χ3n) is 4.21. The lowest BCUT2D eigenvalue weighted by Gasteiger charge is -2.36. The van der Waals surface area contributed by atoms with Gasteiger partial charge in [-0.05, 0) is 31.2 Å². The van der Waals surface area contributed by atoms with Gasteiger partial charge in [0.2, 0.25) is 5.82 Å². The molecule has 2 unspecified atom stereocenters. The van der Waals surface area contributed by atoms with Crippen molar-refractivity contribution in [2.24, 2.45) is 5.92 Å². The first-order valence-corrected chi connectivity index (χ1v) is 7.17. The predicted molar refractivity (Wildman–Crippen MR) is 75.5 cm³/mol. The highest BCUT2D eigenvalue weighted by molar-refractivity contribution is 5.60. The maximum Gasteiger partial charge on any atom is 0.261 e. The molecule has 0 spiro atoms. The summed E-state index contributed by atoms with van der Waals surface area (Å²) in [4.78, 5) is 8.29. The zero-order valence-corrected chi connectivity index (χ0v) is 12.2. The lowest BCUT2D eigenvalue weighted by molar-refractivity contribution is -0.0658. The fraction of sp³-hybridized carbons (Fsp3) is 0.533. The molecule has 0 saturated heterocycles. The smallest absolute Gasteiger partial charge is 0.261 e. The van der Waals surface area contributed by atoms with Crippen molar-refractivity contribution in [1.29, 1.82) is 0 Å². The SMILES string of the molecule is COC1(c2noc(-c3ccncc3O)n2)CCCC(C)C1. The number of ether oxygens (including phenoxy) is 1. The molecule has 2 atom stereocenters. The highest BCUT2D eigenvalue weighted by Crippen LogP contribution is 2.42. The fourth-order valence-electron chi connectivity index (χ4n) is 3.07. The molecule has 1 saturated carbocycles. The van der Waals surface area contributed by atoms with Gasteiger partial charge in [-0.3, -0.25) is 4.98 Å². The Morgan fingerprint density at radius 1 is 1.48 bits per heavy atom. The zero-order chi connectivity index (χ0) is 14.9. The number of aromatic nitrogens is 3. The third-order valence-corrected chi connectivity index (χ3v) is 4.21. The van der Waals surface area contributed by atoms with Crippen LogP contribution in [-0.2, 0) is 10.3 Å². The van der Waals surface area contributed by atoms with Crippen LogP contribution in [-0.4, -0.2) is 27.3 Å². The molecule has 0 amide bonds. The quantitative estimate of drug-likeness (QED) is 0.935. The van der Waals surface area contributed by atoms with Gasteiger partial charge in [0, 0.05) is 13.3 Å². The molecular weight excluding hydrogens is 270 g/mol. The average molecular weight is 289 g/mol. The number of methoxy groups -OCH3 is 1. The number of hydrogen-bond acceptors (Lipinski definition) is 6. The lowest BCUT2D eigenvalue weighted by Crippen LogP contribution is -2.35. The number of pyridine rings is 1. The van der Waals surface area contributed by atoms with E-state index in [9.17, 15) is 5.11 Å². The summed E-state index contributed by atoms with van der Waals surface area (Å²) in [6.45, 7) is 2.21. The highest BCUT2D eigenvalue weighted by Gasteiger charge is 2.41. The molecule has 1 aliphatic carbocycles. The van der Waals surface area contributed by atoms with E-state index >= 15 is 0 Å². The summed E-state index contributed by atoms with van der Waals surface area (Å²) in [6.07, 6.45) is 6.97. The first-order valence-electron chi connectivity index (χ1n) is 7.17. The minimum Gasteiger partial charge on any atom is -0.505 e. The van der Waals surface area contributed by atoms with Crippen LogP contribution in [0.15, 0.2) is 23.0 Å². The van der Waals surface area contributed by atoms with E-state index in [1.807, 2.05) is 0 Å². The Morgan fingerprint density at radius 2 is 2.33 bits per heavy atom. The van der Waals surface area contributed by atoms with Crippen LogP contribution in [0.2, 0.25) is 0 Å². The molecule has 1 N–H and O–H groups in total. The number of hydrogen-bond donors (Lipinski definition) is 1. The van der Waals surface area contributed by atoms with Gasteiger partial charge in [0.15, 0.2) is 0 Å². The van der Waals surface area contributed by atoms with E-state index < -0.39 is 5.60 Å². The second-order valence-electron chi connectivity index (χ2n) is 5.72. The molecule has 0 radical (unpaired) electrons. The van der Waals surface area contributed by atoms with E-state index in [1.54, 1.807) is 19.4 Å². The summed E-state index contributed by atoms with van der Waals surface area (Å²) in [5, 5.41) is 13.9. The average Bonchev–Trinajstić information content (AvgIpc) is 2.98. The summed E-state index contributed by atoms with van der Waals surface area (Å²) < 4.78 is 11.1. The van der Waals surface area contributed by atoms with Gasteiger partial charge in [-0.25, -0.2) is 0 Å². The molecule has 0 bridgehead atoms. The van der Waals surface area contributed by atoms with Crippen molar-refractivity contribution in [3.8, 4) is 17.2 Å². The molecule has 2 aromatic heterocycles. The molecule has 112 valence electrons. The summed E-state index contributed by atoms with van der Waals surface area (Å²) in [6, 6.07) is 1.65. The van der Waals surface area contributed by atoms with Gasteiger partial charge in [0.1, 0.15) is 11.4 Å². The minimum atomic E-state index is -0.484. The van der Waals surface area contributed by atoms with Crippen molar-refractivity contribution in [2.75, 3.05) is 7.11 Å². The van der Waals surface area contributed by atoms with Gasteiger partial charge in [-0.15, -0.1) is 0 Å². The second kappa shape index (κ2) is 5.44. The van der Waals surface area contributed by atoms with Crippen LogP contribution >= 0.6 is 0 Å². The van der Waals surface area contributed by atoms with Gasteiger partial charge in [-0.1, -0.05) is 18.5 Å². The van der Waals surface area contributed by atoms with Crippen molar-refractivity contribution in [3.63, 3.8) is 0 Å². The maximum atomic E-state index is 9.83. The molecule has 3 rings (SSSR count). The van der Waals surface area contributed by atoms with Crippen LogP contribution in [0.3, 0.4) is 0 Å². The topological polar surface area (TPSA) is 81.3 Å². The Labute approximate surface area is 123 Å². The molecule has 1 fully saturated rings. The number of aromatic hydroxyl groups is 1. The van der Waals surface area contributed by atoms with Crippen LogP contribution in [0.1, 0.15) is 38.4 Å². The third kappa shape index (κ3) is 2.51. The predicted octanol–water partition coefficient (Wildman–Crippen LogP) is 2.89. The zero-order valence-electron chi connectivity index (χ0n) is 12.2. The van der Waals surface area contributed by atoms with Crippen LogP contribution < -0.4 is 0 Å². The van der Waals surface area contributed by atoms with Crippen LogP contribution in [0.4, 0.5) is 0 Å². The van der Waals surface area contributed by atoms with Crippen LogP contribution in [0, 0.1) is 5.92 Å². The molecule has 6 nitrogen and oxygen atoms in total. The van der Waals surface area contributed by atoms with E-state index in [-0.39, 0.29) is 5.75 Å². The highest BCUT2D eigenvalue weighted by atomic mass is 16.5. The van der Waals surface area contributed by atoms with Gasteiger partial charge >= 0.3 is 0 Å². The Balaban J connectivity index is 1.95. The van der Waals surface area contributed by atoms with Crippen LogP contribution in [0.5, 0.6) is 5.75 Å². The number of rotatable bonds is 3. The summed E-state index contributed by atoms with van der Waals surface area (Å²) >= 11 is 0. The minimum absolute atomic E-state index is 0.0242. The summed E-state index contributed by atoms with van der Waals surface area (Å²) in [7, 11) is 1.69. The van der Waals surface area contributed by atoms with Crippen molar-refractivity contribution in [1.82, 2.24) is 15.1 Å². The fourth-order valence-corrected chi connectivity index (χ4v) is 3.07. The Morgan fingerprint density at radius 3 is 3.05 bits per heavy atom. The Hall–Kier alpha value is -1.95. The summed E-state index contributed by atoms with van der Waals surface area (Å²) in [5.41, 5.74) is 0.000995. The van der Waals surface area contributed by atoms with Crippen molar-refractivity contribution in [3.05, 3.63) is 24.3 Å². The Bertz CT molecular complexity index is 628. The standard InChI is InChI=1S/C15H19N3O3/c1-10-4-3-6-15(8-10,20-2)14-17-13(21-18-14)11-5-7-16-9-12(11)19/h5,7,9-10,19H,3-4,6,8H2,1-2H3. The van der Waals surface area contributed by atoms with Crippen molar-refractivity contribution >= 4 is 0 Å². The van der Waals surface area contributed by atoms with E-state index in [0.717, 1.165) is 19.3 Å². The molecule has 21 heavy (non-hydrogen) atoms. The first kappa shape index (κ1) is 14.0. The normalized spacial score (nSPS) is 25.9. The van der Waals surface area contributed by atoms with E-state index in [0.29, 0.717) is 23.2 Å². The molecular formula is C15H19N3O3. The molecule has 2 heterocycles. The monoisotopic (exact) mass is 289 g/mol. The van der Waals surface area contributed by atoms with Gasteiger partial charge in [-0.2, -0.15) is 4.98 Å². The second-order valence-corrected chi connectivity index (χ2v) is 5.72. The van der Waals surface area contributed by atoms with E-state index in [4.69, 9.17) is 9.26 Å². The van der Waals surface area contributed by atoms with Crippen molar-refractivity contribution < 1.29 is 14.4 Å². The van der Waals surface area contributed by atoms with Gasteiger partial charge in [0.25, 0.3) is 5.89 Å². The maximum absolute atomic E-state index is 9.83. The largest absolute Gasteiger partial charge is 0.505 e. The van der Waals surface area contributed by atoms with Crippen molar-refractivity contribution in [2.45, 2.75) is 38.2 Å². The van der Waals surface area contributed by atoms with Gasteiger partial charge < -0.3 is 14.4 Å². The molecule has 0 aromatic carbocycles. The molecule has 2 aromatic rings. The van der Waals surface area contributed by atoms with E-state index in [1.165, 1.54) is 12.6 Å². The van der Waals surface area contributed by atoms with Gasteiger partial charge in [0.05, 0.1) is 11.8 Å². The van der Waals surface area contributed by atoms with Crippen LogP contribution in [0.25, 0.3) is 11.5 Å². The summed E-state index contributed by atoms with van der Waals surface area (Å²) in [5.74, 6) is 1.44. The Kier molecular flexibility index (Phi) is 3.63. The molecule has 6 heteroatoms. The lowest BCUT2D eigenvalue weighted by atomic mass is 9.78. The molecule has 1 aliphatic rings. The first-order chi connectivity index (χ1) is 10.1.